The van der Waals surface area contributed by atoms with Crippen LogP contribution in [0.5, 0.6) is 0 Å². The highest BCUT2D eigenvalue weighted by Gasteiger charge is 2.28. The van der Waals surface area contributed by atoms with Gasteiger partial charge in [-0.05, 0) is 43.1 Å². The number of nitrogens with one attached hydrogen (secondary N) is 1. The molecule has 1 atom stereocenters. The fourth-order valence-corrected chi connectivity index (χ4v) is 3.28. The topological polar surface area (TPSA) is 49.3 Å². The fraction of sp³-hybridized carbons (Fsp3) is 0.611. The molecule has 1 unspecified atom stereocenters. The van der Waals surface area contributed by atoms with Gasteiger partial charge in [0.15, 0.2) is 0 Å². The van der Waals surface area contributed by atoms with Gasteiger partial charge in [-0.25, -0.2) is 0 Å². The van der Waals surface area contributed by atoms with Crippen molar-refractivity contribution in [2.75, 3.05) is 6.61 Å². The number of amides is 1. The van der Waals surface area contributed by atoms with Crippen LogP contribution in [0.15, 0.2) is 30.3 Å². The molecule has 116 valence electrons. The summed E-state index contributed by atoms with van der Waals surface area (Å²) >= 11 is 0. The molecule has 1 aliphatic carbocycles. The van der Waals surface area contributed by atoms with Crippen LogP contribution >= 0.6 is 0 Å². The summed E-state index contributed by atoms with van der Waals surface area (Å²) in [6.07, 6.45) is 3.99. The van der Waals surface area contributed by atoms with E-state index in [1.54, 1.807) is 0 Å². The van der Waals surface area contributed by atoms with Gasteiger partial charge in [0.05, 0.1) is 5.92 Å². The molecule has 2 N–H and O–H groups in total. The van der Waals surface area contributed by atoms with Crippen molar-refractivity contribution in [2.24, 2.45) is 11.8 Å². The highest BCUT2D eigenvalue weighted by molar-refractivity contribution is 5.84. The molecule has 2 rings (SSSR count). The van der Waals surface area contributed by atoms with Crippen molar-refractivity contribution in [2.45, 2.75) is 51.5 Å². The van der Waals surface area contributed by atoms with Crippen molar-refractivity contribution in [1.29, 1.82) is 0 Å². The zero-order valence-electron chi connectivity index (χ0n) is 13.1. The van der Waals surface area contributed by atoms with Gasteiger partial charge in [-0.2, -0.15) is 0 Å². The number of rotatable bonds is 5. The molecule has 1 aromatic rings. The normalized spacial score (nSPS) is 23.8. The number of hydrogen-bond donors (Lipinski definition) is 2. The Kier molecular flexibility index (Phi) is 5.80. The standard InChI is InChI=1S/C18H27NO2/c1-13(2)17(15-6-4-3-5-7-15)18(21)19-16-10-8-14(12-20)9-11-16/h3-7,13-14,16-17,20H,8-12H2,1-2H3,(H,19,21). The largest absolute Gasteiger partial charge is 0.396 e. The number of benzene rings is 1. The fourth-order valence-electron chi connectivity index (χ4n) is 3.28. The van der Waals surface area contributed by atoms with Crippen LogP contribution < -0.4 is 5.32 Å². The maximum Gasteiger partial charge on any atom is 0.228 e. The molecule has 1 aromatic carbocycles. The first-order chi connectivity index (χ1) is 10.1. The lowest BCUT2D eigenvalue weighted by Gasteiger charge is -2.30. The molecular weight excluding hydrogens is 262 g/mol. The molecule has 1 saturated carbocycles. The number of carbonyl (C=O) groups excluding carboxylic acids is 1. The summed E-state index contributed by atoms with van der Waals surface area (Å²) in [5.41, 5.74) is 1.09. The molecule has 0 bridgehead atoms. The molecule has 0 radical (unpaired) electrons. The predicted molar refractivity (Wildman–Crippen MR) is 85.0 cm³/mol. The van der Waals surface area contributed by atoms with E-state index in [4.69, 9.17) is 0 Å². The summed E-state index contributed by atoms with van der Waals surface area (Å²) in [4.78, 5) is 12.6. The zero-order chi connectivity index (χ0) is 15.2. The Morgan fingerprint density at radius 1 is 1.19 bits per heavy atom. The van der Waals surface area contributed by atoms with Crippen LogP contribution in [-0.4, -0.2) is 23.7 Å². The summed E-state index contributed by atoms with van der Waals surface area (Å²) in [5.74, 6) is 0.764. The van der Waals surface area contributed by atoms with Crippen molar-refractivity contribution < 1.29 is 9.90 Å². The van der Waals surface area contributed by atoms with Crippen molar-refractivity contribution in [3.05, 3.63) is 35.9 Å². The molecule has 1 aliphatic rings. The van der Waals surface area contributed by atoms with Crippen LogP contribution in [0.2, 0.25) is 0 Å². The number of hydrogen-bond acceptors (Lipinski definition) is 2. The van der Waals surface area contributed by atoms with Crippen LogP contribution in [0.4, 0.5) is 0 Å². The van der Waals surface area contributed by atoms with Crippen LogP contribution in [0, 0.1) is 11.8 Å². The molecule has 3 nitrogen and oxygen atoms in total. The Bertz CT molecular complexity index is 436. The Balaban J connectivity index is 1.97. The molecule has 0 saturated heterocycles. The lowest BCUT2D eigenvalue weighted by molar-refractivity contribution is -0.124. The van der Waals surface area contributed by atoms with E-state index in [1.807, 2.05) is 30.3 Å². The van der Waals surface area contributed by atoms with Gasteiger partial charge in [-0.15, -0.1) is 0 Å². The van der Waals surface area contributed by atoms with Gasteiger partial charge in [0, 0.05) is 12.6 Å². The van der Waals surface area contributed by atoms with E-state index in [9.17, 15) is 9.90 Å². The molecule has 21 heavy (non-hydrogen) atoms. The van der Waals surface area contributed by atoms with E-state index in [0.717, 1.165) is 31.2 Å². The summed E-state index contributed by atoms with van der Waals surface area (Å²) in [7, 11) is 0. The van der Waals surface area contributed by atoms with E-state index >= 15 is 0 Å². The second-order valence-corrected chi connectivity index (χ2v) is 6.54. The average Bonchev–Trinajstić information content (AvgIpc) is 2.49. The Morgan fingerprint density at radius 2 is 1.81 bits per heavy atom. The monoisotopic (exact) mass is 289 g/mol. The molecule has 0 heterocycles. The number of aliphatic hydroxyl groups is 1. The van der Waals surface area contributed by atoms with Crippen LogP contribution in [0.3, 0.4) is 0 Å². The van der Waals surface area contributed by atoms with E-state index in [1.165, 1.54) is 0 Å². The molecular formula is C18H27NO2. The van der Waals surface area contributed by atoms with E-state index in [-0.39, 0.29) is 30.4 Å². The third-order valence-corrected chi connectivity index (χ3v) is 4.56. The third kappa shape index (κ3) is 4.31. The summed E-state index contributed by atoms with van der Waals surface area (Å²) in [5, 5.41) is 12.4. The average molecular weight is 289 g/mol. The molecule has 1 fully saturated rings. The second kappa shape index (κ2) is 7.60. The maximum atomic E-state index is 12.6. The molecule has 0 spiro atoms. The minimum Gasteiger partial charge on any atom is -0.396 e. The van der Waals surface area contributed by atoms with Gasteiger partial charge >= 0.3 is 0 Å². The van der Waals surface area contributed by atoms with Crippen LogP contribution in [0.25, 0.3) is 0 Å². The lowest BCUT2D eigenvalue weighted by atomic mass is 9.84. The van der Waals surface area contributed by atoms with Crippen molar-refractivity contribution in [1.82, 2.24) is 5.32 Å². The van der Waals surface area contributed by atoms with Gasteiger partial charge in [-0.3, -0.25) is 4.79 Å². The first kappa shape index (κ1) is 16.0. The molecule has 1 amide bonds. The van der Waals surface area contributed by atoms with Crippen molar-refractivity contribution >= 4 is 5.91 Å². The Labute approximate surface area is 127 Å². The van der Waals surface area contributed by atoms with E-state index in [2.05, 4.69) is 19.2 Å². The first-order valence-electron chi connectivity index (χ1n) is 8.08. The zero-order valence-corrected chi connectivity index (χ0v) is 13.1. The minimum absolute atomic E-state index is 0.0817. The minimum atomic E-state index is -0.0817. The van der Waals surface area contributed by atoms with Crippen LogP contribution in [0.1, 0.15) is 51.0 Å². The van der Waals surface area contributed by atoms with Gasteiger partial charge in [0.1, 0.15) is 0 Å². The van der Waals surface area contributed by atoms with Crippen molar-refractivity contribution in [3.8, 4) is 0 Å². The van der Waals surface area contributed by atoms with E-state index in [0.29, 0.717) is 5.92 Å². The van der Waals surface area contributed by atoms with Gasteiger partial charge in [0.2, 0.25) is 5.91 Å². The van der Waals surface area contributed by atoms with Crippen molar-refractivity contribution in [3.63, 3.8) is 0 Å². The summed E-state index contributed by atoms with van der Waals surface area (Å²) in [6.45, 7) is 4.47. The molecule has 0 aliphatic heterocycles. The Morgan fingerprint density at radius 3 is 2.33 bits per heavy atom. The number of aliphatic hydroxyl groups excluding tert-OH is 1. The quantitative estimate of drug-likeness (QED) is 0.875. The highest BCUT2D eigenvalue weighted by atomic mass is 16.3. The molecule has 0 aromatic heterocycles. The second-order valence-electron chi connectivity index (χ2n) is 6.54. The van der Waals surface area contributed by atoms with Gasteiger partial charge in [-0.1, -0.05) is 44.2 Å². The molecule has 3 heteroatoms. The number of carbonyl (C=O) groups is 1. The van der Waals surface area contributed by atoms with Crippen LogP contribution in [-0.2, 0) is 4.79 Å². The summed E-state index contributed by atoms with van der Waals surface area (Å²) < 4.78 is 0. The first-order valence-corrected chi connectivity index (χ1v) is 8.08. The maximum absolute atomic E-state index is 12.6. The van der Waals surface area contributed by atoms with Gasteiger partial charge in [0.25, 0.3) is 0 Å². The summed E-state index contributed by atoms with van der Waals surface area (Å²) in [6, 6.07) is 10.3. The predicted octanol–water partition coefficient (Wildman–Crippen LogP) is 3.09. The van der Waals surface area contributed by atoms with Gasteiger partial charge < -0.3 is 10.4 Å². The lowest BCUT2D eigenvalue weighted by Crippen LogP contribution is -2.41. The van der Waals surface area contributed by atoms with E-state index < -0.39 is 0 Å². The Hall–Kier alpha value is -1.35. The third-order valence-electron chi connectivity index (χ3n) is 4.56. The smallest absolute Gasteiger partial charge is 0.228 e. The SMILES string of the molecule is CC(C)C(C(=O)NC1CCC(CO)CC1)c1ccccc1. The highest BCUT2D eigenvalue weighted by Crippen LogP contribution is 2.27.